The van der Waals surface area contributed by atoms with Crippen molar-refractivity contribution in [2.45, 2.75) is 23.9 Å². The van der Waals surface area contributed by atoms with E-state index in [4.69, 9.17) is 9.97 Å². The van der Waals surface area contributed by atoms with Crippen molar-refractivity contribution < 1.29 is 4.79 Å². The molecule has 0 spiro atoms. The van der Waals surface area contributed by atoms with Crippen LogP contribution in [0.15, 0.2) is 58.0 Å². The van der Waals surface area contributed by atoms with Crippen LogP contribution in [0.5, 0.6) is 0 Å². The Hall–Kier alpha value is -1.92. The molecule has 0 atom stereocenters. The molecule has 132 valence electrons. The van der Waals surface area contributed by atoms with Crippen LogP contribution >= 0.6 is 27.7 Å². The predicted octanol–water partition coefficient (Wildman–Crippen LogP) is 4.77. The number of nitrogens with zero attached hydrogens (tertiary/aromatic N) is 3. The van der Waals surface area contributed by atoms with Gasteiger partial charge in [0.2, 0.25) is 5.91 Å². The number of amides is 1. The number of benzene rings is 2. The van der Waals surface area contributed by atoms with E-state index in [1.54, 1.807) is 0 Å². The first-order chi connectivity index (χ1) is 12.6. The summed E-state index contributed by atoms with van der Waals surface area (Å²) >= 11 is 4.95. The molecule has 1 heterocycles. The number of hydrogen-bond donors (Lipinski definition) is 0. The zero-order valence-corrected chi connectivity index (χ0v) is 16.8. The lowest BCUT2D eigenvalue weighted by Crippen LogP contribution is -2.30. The number of aromatic nitrogens is 2. The number of para-hydroxylation sites is 1. The van der Waals surface area contributed by atoms with Gasteiger partial charge in [0.05, 0.1) is 11.3 Å². The number of thioether (sulfide) groups is 1. The largest absolute Gasteiger partial charge is 0.342 e. The first-order valence-electron chi connectivity index (χ1n) is 8.53. The Labute approximate surface area is 165 Å². The van der Waals surface area contributed by atoms with E-state index in [9.17, 15) is 4.79 Å². The van der Waals surface area contributed by atoms with Gasteiger partial charge in [-0.1, -0.05) is 58.0 Å². The monoisotopic (exact) mass is 427 g/mol. The van der Waals surface area contributed by atoms with Crippen molar-refractivity contribution in [1.82, 2.24) is 14.9 Å². The number of halogens is 1. The third-order valence-electron chi connectivity index (χ3n) is 4.49. The number of carbonyl (C=O) groups is 1. The van der Waals surface area contributed by atoms with Crippen LogP contribution in [0.25, 0.3) is 22.3 Å². The summed E-state index contributed by atoms with van der Waals surface area (Å²) in [5, 5.41) is 1.84. The molecule has 3 aromatic rings. The maximum atomic E-state index is 12.4. The van der Waals surface area contributed by atoms with Gasteiger partial charge in [-0.25, -0.2) is 9.97 Å². The molecule has 0 bridgehead atoms. The molecule has 0 N–H and O–H groups in total. The number of fused-ring (bicyclic) bond motifs is 1. The molecule has 1 amide bonds. The van der Waals surface area contributed by atoms with E-state index in [-0.39, 0.29) is 5.91 Å². The van der Waals surface area contributed by atoms with Crippen molar-refractivity contribution >= 4 is 44.5 Å². The van der Waals surface area contributed by atoms with Gasteiger partial charge in [0.1, 0.15) is 5.03 Å². The molecule has 0 radical (unpaired) electrons. The van der Waals surface area contributed by atoms with Crippen LogP contribution in [0.1, 0.15) is 12.8 Å². The minimum Gasteiger partial charge on any atom is -0.342 e. The summed E-state index contributed by atoms with van der Waals surface area (Å²) in [6.45, 7) is 0. The van der Waals surface area contributed by atoms with Gasteiger partial charge in [-0.3, -0.25) is 4.79 Å². The molecule has 1 saturated carbocycles. The Morgan fingerprint density at radius 1 is 1.15 bits per heavy atom. The highest BCUT2D eigenvalue weighted by molar-refractivity contribution is 9.10. The first-order valence-corrected chi connectivity index (χ1v) is 10.3. The van der Waals surface area contributed by atoms with Crippen molar-refractivity contribution in [3.8, 4) is 11.4 Å². The lowest BCUT2D eigenvalue weighted by molar-refractivity contribution is -0.127. The molecule has 26 heavy (non-hydrogen) atoms. The van der Waals surface area contributed by atoms with E-state index in [0.29, 0.717) is 17.6 Å². The lowest BCUT2D eigenvalue weighted by atomic mass is 10.2. The van der Waals surface area contributed by atoms with Crippen LogP contribution in [0.2, 0.25) is 0 Å². The maximum absolute atomic E-state index is 12.4. The second kappa shape index (κ2) is 7.37. The Balaban J connectivity index is 1.65. The molecular formula is C20H18BrN3OS. The fourth-order valence-corrected chi connectivity index (χ4v) is 3.99. The lowest BCUT2D eigenvalue weighted by Gasteiger charge is -2.16. The Morgan fingerprint density at radius 3 is 2.62 bits per heavy atom. The normalized spacial score (nSPS) is 13.8. The van der Waals surface area contributed by atoms with Crippen LogP contribution in [0.3, 0.4) is 0 Å². The molecule has 2 aromatic carbocycles. The van der Waals surface area contributed by atoms with Crippen molar-refractivity contribution in [2.75, 3.05) is 12.8 Å². The minimum atomic E-state index is 0.158. The predicted molar refractivity (Wildman–Crippen MR) is 109 cm³/mol. The molecule has 1 aliphatic rings. The van der Waals surface area contributed by atoms with Crippen molar-refractivity contribution in [3.05, 3.63) is 53.0 Å². The van der Waals surface area contributed by atoms with E-state index in [1.165, 1.54) is 11.8 Å². The zero-order chi connectivity index (χ0) is 18.1. The van der Waals surface area contributed by atoms with Gasteiger partial charge < -0.3 is 4.90 Å². The average Bonchev–Trinajstić information content (AvgIpc) is 3.51. The van der Waals surface area contributed by atoms with Crippen molar-refractivity contribution in [2.24, 2.45) is 0 Å². The summed E-state index contributed by atoms with van der Waals surface area (Å²) < 4.78 is 1.02. The molecule has 4 nitrogen and oxygen atoms in total. The van der Waals surface area contributed by atoms with Gasteiger partial charge in [-0.05, 0) is 31.0 Å². The van der Waals surface area contributed by atoms with Gasteiger partial charge in [-0.2, -0.15) is 0 Å². The molecule has 6 heteroatoms. The molecular weight excluding hydrogens is 410 g/mol. The third-order valence-corrected chi connectivity index (χ3v) is 6.00. The van der Waals surface area contributed by atoms with Gasteiger partial charge in [0.15, 0.2) is 5.82 Å². The van der Waals surface area contributed by atoms with E-state index in [0.717, 1.165) is 38.8 Å². The van der Waals surface area contributed by atoms with Crippen LogP contribution < -0.4 is 0 Å². The smallest absolute Gasteiger partial charge is 0.232 e. The first kappa shape index (κ1) is 17.5. The molecule has 4 rings (SSSR count). The Kier molecular flexibility index (Phi) is 4.96. The van der Waals surface area contributed by atoms with Gasteiger partial charge in [-0.15, -0.1) is 0 Å². The van der Waals surface area contributed by atoms with Crippen LogP contribution in [-0.2, 0) is 4.79 Å². The van der Waals surface area contributed by atoms with Crippen molar-refractivity contribution in [1.29, 1.82) is 0 Å². The Bertz CT molecular complexity index is 957. The van der Waals surface area contributed by atoms with E-state index >= 15 is 0 Å². The van der Waals surface area contributed by atoms with Crippen LogP contribution in [-0.4, -0.2) is 39.6 Å². The summed E-state index contributed by atoms with van der Waals surface area (Å²) in [4.78, 5) is 23.7. The summed E-state index contributed by atoms with van der Waals surface area (Å²) in [7, 11) is 1.89. The second-order valence-corrected chi connectivity index (χ2v) is 8.28. The molecule has 1 aliphatic carbocycles. The average molecular weight is 428 g/mol. The highest BCUT2D eigenvalue weighted by Crippen LogP contribution is 2.30. The number of carbonyl (C=O) groups excluding carboxylic acids is 1. The number of hydrogen-bond acceptors (Lipinski definition) is 4. The number of rotatable bonds is 5. The quantitative estimate of drug-likeness (QED) is 0.434. The second-order valence-electron chi connectivity index (χ2n) is 6.40. The van der Waals surface area contributed by atoms with Crippen molar-refractivity contribution in [3.63, 3.8) is 0 Å². The zero-order valence-electron chi connectivity index (χ0n) is 14.4. The van der Waals surface area contributed by atoms with E-state index in [1.807, 2.05) is 60.5 Å². The van der Waals surface area contributed by atoms with Gasteiger partial charge in [0.25, 0.3) is 0 Å². The van der Waals surface area contributed by atoms with Crippen LogP contribution in [0.4, 0.5) is 0 Å². The van der Waals surface area contributed by atoms with Gasteiger partial charge in [0, 0.05) is 28.5 Å². The highest BCUT2D eigenvalue weighted by Gasteiger charge is 2.29. The topological polar surface area (TPSA) is 46.1 Å². The molecule has 0 aliphatic heterocycles. The van der Waals surface area contributed by atoms with Crippen LogP contribution in [0, 0.1) is 0 Å². The fourth-order valence-electron chi connectivity index (χ4n) is 2.78. The SMILES string of the molecule is CN(C(=O)CSc1nc(-c2ccc(Br)cc2)nc2ccccc12)C1CC1. The van der Waals surface area contributed by atoms with E-state index in [2.05, 4.69) is 15.9 Å². The molecule has 1 fully saturated rings. The summed E-state index contributed by atoms with van der Waals surface area (Å²) in [6.07, 6.45) is 2.24. The standard InChI is InChI=1S/C20H18BrN3OS/c1-24(15-10-11-15)18(25)12-26-20-16-4-2-3-5-17(16)22-19(23-20)13-6-8-14(21)9-7-13/h2-9,15H,10-12H2,1H3. The maximum Gasteiger partial charge on any atom is 0.232 e. The third kappa shape index (κ3) is 3.76. The molecule has 0 unspecified atom stereocenters. The summed E-state index contributed by atoms with van der Waals surface area (Å²) in [5.74, 6) is 1.24. The Morgan fingerprint density at radius 2 is 1.88 bits per heavy atom. The summed E-state index contributed by atoms with van der Waals surface area (Å²) in [6, 6.07) is 16.3. The molecule has 1 aromatic heterocycles. The van der Waals surface area contributed by atoms with Gasteiger partial charge >= 0.3 is 0 Å². The summed E-state index contributed by atoms with van der Waals surface area (Å²) in [5.41, 5.74) is 1.85. The minimum absolute atomic E-state index is 0.158. The fraction of sp³-hybridized carbons (Fsp3) is 0.250. The highest BCUT2D eigenvalue weighted by atomic mass is 79.9. The van der Waals surface area contributed by atoms with E-state index < -0.39 is 0 Å². The molecule has 0 saturated heterocycles.